The number of aromatic nitrogens is 3. The molecule has 126 valence electrons. The van der Waals surface area contributed by atoms with Gasteiger partial charge in [0.05, 0.1) is 12.2 Å². The number of nitrogens with zero attached hydrogens (tertiary/aromatic N) is 3. The summed E-state index contributed by atoms with van der Waals surface area (Å²) in [6, 6.07) is -0.251. The molecule has 0 aliphatic carbocycles. The Morgan fingerprint density at radius 2 is 2.13 bits per heavy atom. The van der Waals surface area contributed by atoms with Crippen LogP contribution < -0.4 is 16.3 Å². The molecule has 0 aromatic carbocycles. The average molecular weight is 341 g/mol. The van der Waals surface area contributed by atoms with Crippen LogP contribution in [-0.4, -0.2) is 43.0 Å². The zero-order valence-electron chi connectivity index (χ0n) is 12.7. The highest BCUT2D eigenvalue weighted by atomic mass is 32.1. The van der Waals surface area contributed by atoms with Crippen LogP contribution in [-0.2, 0) is 4.74 Å². The summed E-state index contributed by atoms with van der Waals surface area (Å²) in [7, 11) is 0. The summed E-state index contributed by atoms with van der Waals surface area (Å²) in [4.78, 5) is 19.8. The van der Waals surface area contributed by atoms with Crippen molar-refractivity contribution in [3.8, 4) is 5.88 Å². The highest BCUT2D eigenvalue weighted by Gasteiger charge is 2.42. The molecule has 1 fully saturated rings. The van der Waals surface area contributed by atoms with Gasteiger partial charge in [-0.3, -0.25) is 9.36 Å². The van der Waals surface area contributed by atoms with Crippen LogP contribution in [0.1, 0.15) is 26.5 Å². The lowest BCUT2D eigenvalue weighted by atomic mass is 9.95. The first-order valence-electron chi connectivity index (χ1n) is 7.26. The van der Waals surface area contributed by atoms with E-state index in [-0.39, 0.29) is 39.0 Å². The van der Waals surface area contributed by atoms with Crippen molar-refractivity contribution in [1.29, 1.82) is 0 Å². The van der Waals surface area contributed by atoms with Crippen LogP contribution in [0.15, 0.2) is 4.79 Å². The number of fused-ring (bicyclic) bond motifs is 1. The van der Waals surface area contributed by atoms with Gasteiger partial charge in [-0.25, -0.2) is 0 Å². The summed E-state index contributed by atoms with van der Waals surface area (Å²) in [5, 5.41) is 19.7. The van der Waals surface area contributed by atoms with Crippen molar-refractivity contribution in [2.24, 2.45) is 11.7 Å². The van der Waals surface area contributed by atoms with Crippen molar-refractivity contribution in [3.05, 3.63) is 9.67 Å². The van der Waals surface area contributed by atoms with Crippen molar-refractivity contribution in [1.82, 2.24) is 14.5 Å². The van der Waals surface area contributed by atoms with Gasteiger partial charge in [0.15, 0.2) is 5.65 Å². The summed E-state index contributed by atoms with van der Waals surface area (Å²) >= 11 is 0.818. The van der Waals surface area contributed by atoms with Crippen molar-refractivity contribution < 1.29 is 14.9 Å². The van der Waals surface area contributed by atoms with Crippen molar-refractivity contribution in [3.63, 3.8) is 0 Å². The molecule has 1 aliphatic rings. The van der Waals surface area contributed by atoms with Gasteiger partial charge >= 0.3 is 4.87 Å². The molecule has 3 rings (SSSR count). The van der Waals surface area contributed by atoms with Gasteiger partial charge < -0.3 is 26.4 Å². The number of aromatic hydroxyl groups is 1. The quantitative estimate of drug-likeness (QED) is 0.598. The lowest BCUT2D eigenvalue weighted by Gasteiger charge is -2.22. The lowest BCUT2D eigenvalue weighted by molar-refractivity contribution is -0.0602. The highest BCUT2D eigenvalue weighted by Crippen LogP contribution is 2.39. The van der Waals surface area contributed by atoms with Gasteiger partial charge in [-0.15, -0.1) is 0 Å². The molecule has 0 amide bonds. The molecule has 1 aliphatic heterocycles. The molecule has 6 N–H and O–H groups in total. The van der Waals surface area contributed by atoms with E-state index in [1.807, 2.05) is 6.92 Å². The van der Waals surface area contributed by atoms with E-state index in [2.05, 4.69) is 9.97 Å². The molecule has 1 saturated heterocycles. The molecule has 2 aromatic heterocycles. The van der Waals surface area contributed by atoms with E-state index in [0.29, 0.717) is 6.42 Å². The van der Waals surface area contributed by atoms with Crippen molar-refractivity contribution >= 4 is 27.6 Å². The number of aliphatic hydroxyl groups excluding tert-OH is 1. The van der Waals surface area contributed by atoms with Gasteiger partial charge in [0.25, 0.3) is 0 Å². The van der Waals surface area contributed by atoms with E-state index >= 15 is 0 Å². The number of rotatable bonds is 3. The Kier molecular flexibility index (Phi) is 4.00. The van der Waals surface area contributed by atoms with Crippen LogP contribution in [0.4, 0.5) is 5.95 Å². The first kappa shape index (κ1) is 16.1. The SMILES string of the molecule is CC(N)C1C[C@@H]([C@H](C)O)OC1n1c(=O)sc2c(O)nc(N)nc21. The van der Waals surface area contributed by atoms with Gasteiger partial charge in [0.1, 0.15) is 10.9 Å². The Morgan fingerprint density at radius 3 is 2.74 bits per heavy atom. The van der Waals surface area contributed by atoms with Gasteiger partial charge in [0, 0.05) is 12.0 Å². The largest absolute Gasteiger partial charge is 0.492 e. The van der Waals surface area contributed by atoms with Gasteiger partial charge in [-0.1, -0.05) is 11.3 Å². The third-order valence-corrected chi connectivity index (χ3v) is 5.05. The van der Waals surface area contributed by atoms with Crippen molar-refractivity contribution in [2.45, 2.75) is 44.7 Å². The predicted molar refractivity (Wildman–Crippen MR) is 85.1 cm³/mol. The molecule has 9 nitrogen and oxygen atoms in total. The minimum absolute atomic E-state index is 0.135. The first-order chi connectivity index (χ1) is 10.8. The second kappa shape index (κ2) is 5.71. The Bertz CT molecular complexity index is 786. The fraction of sp³-hybridized carbons (Fsp3) is 0.615. The van der Waals surface area contributed by atoms with E-state index in [4.69, 9.17) is 16.2 Å². The maximum absolute atomic E-state index is 12.4. The normalized spacial score (nSPS) is 27.4. The van der Waals surface area contributed by atoms with Gasteiger partial charge in [-0.05, 0) is 20.3 Å². The fourth-order valence-electron chi connectivity index (χ4n) is 2.90. The molecule has 0 radical (unpaired) electrons. The zero-order valence-corrected chi connectivity index (χ0v) is 13.5. The topological polar surface area (TPSA) is 150 Å². The summed E-state index contributed by atoms with van der Waals surface area (Å²) in [6.45, 7) is 3.46. The van der Waals surface area contributed by atoms with Crippen molar-refractivity contribution in [2.75, 3.05) is 5.73 Å². The summed E-state index contributed by atoms with van der Waals surface area (Å²) in [6.07, 6.45) is -1.26. The number of nitrogens with two attached hydrogens (primary N) is 2. The predicted octanol–water partition coefficient (Wildman–Crippen LogP) is -0.228. The maximum atomic E-state index is 12.4. The Balaban J connectivity index is 2.15. The summed E-state index contributed by atoms with van der Waals surface area (Å²) in [5.41, 5.74) is 11.8. The second-order valence-electron chi connectivity index (χ2n) is 5.86. The van der Waals surface area contributed by atoms with Crippen LogP contribution in [0.2, 0.25) is 0 Å². The van der Waals surface area contributed by atoms with E-state index in [1.54, 1.807) is 6.92 Å². The second-order valence-corrected chi connectivity index (χ2v) is 6.82. The zero-order chi connectivity index (χ0) is 16.9. The summed E-state index contributed by atoms with van der Waals surface area (Å²) in [5.74, 6) is -0.650. The molecular weight excluding hydrogens is 322 g/mol. The van der Waals surface area contributed by atoms with Crippen LogP contribution in [0.25, 0.3) is 10.3 Å². The van der Waals surface area contributed by atoms with Gasteiger partial charge in [-0.2, -0.15) is 9.97 Å². The Hall–Kier alpha value is -1.75. The smallest absolute Gasteiger partial charge is 0.311 e. The number of ether oxygens (including phenoxy) is 1. The molecule has 0 spiro atoms. The Labute approximate surface area is 135 Å². The molecule has 23 heavy (non-hydrogen) atoms. The maximum Gasteiger partial charge on any atom is 0.311 e. The molecule has 10 heteroatoms. The highest BCUT2D eigenvalue weighted by molar-refractivity contribution is 7.16. The molecular formula is C13H19N5O4S. The number of nitrogen functional groups attached to an aromatic ring is 1. The number of hydrogen-bond donors (Lipinski definition) is 4. The Morgan fingerprint density at radius 1 is 1.43 bits per heavy atom. The van der Waals surface area contributed by atoms with E-state index in [9.17, 15) is 15.0 Å². The van der Waals surface area contributed by atoms with Crippen LogP contribution in [0.3, 0.4) is 0 Å². The van der Waals surface area contributed by atoms with Gasteiger partial charge in [0.2, 0.25) is 11.8 Å². The third kappa shape index (κ3) is 2.67. The lowest BCUT2D eigenvalue weighted by Crippen LogP contribution is -2.34. The van der Waals surface area contributed by atoms with Crippen LogP contribution in [0, 0.1) is 5.92 Å². The molecule has 2 aromatic rings. The molecule has 5 atom stereocenters. The van der Waals surface area contributed by atoms with E-state index in [1.165, 1.54) is 4.57 Å². The molecule has 3 unspecified atom stereocenters. The number of thiazole rings is 1. The summed E-state index contributed by atoms with van der Waals surface area (Å²) < 4.78 is 7.46. The van der Waals surface area contributed by atoms with Crippen LogP contribution in [0.5, 0.6) is 5.88 Å². The monoisotopic (exact) mass is 341 g/mol. The standard InChI is InChI=1S/C13H19N5O4S/c1-4(14)6-3-7(5(2)19)22-11(6)18-9-8(23-13(18)21)10(20)17-12(15)16-9/h4-7,11,19H,3,14H2,1-2H3,(H3,15,16,17,20)/t4?,5-,6?,7-,11?/m0/s1. The fourth-order valence-corrected chi connectivity index (χ4v) is 3.74. The number of aliphatic hydroxyl groups is 1. The van der Waals surface area contributed by atoms with E-state index in [0.717, 1.165) is 11.3 Å². The average Bonchev–Trinajstić information content (AvgIpc) is 2.99. The minimum atomic E-state index is -0.685. The molecule has 0 saturated carbocycles. The molecule has 0 bridgehead atoms. The first-order valence-corrected chi connectivity index (χ1v) is 8.08. The number of anilines is 1. The minimum Gasteiger partial charge on any atom is -0.492 e. The van der Waals surface area contributed by atoms with E-state index < -0.39 is 18.4 Å². The molecule has 3 heterocycles. The van der Waals surface area contributed by atoms with Crippen LogP contribution >= 0.6 is 11.3 Å². The number of hydrogen-bond acceptors (Lipinski definition) is 9. The third-order valence-electron chi connectivity index (χ3n) is 4.11.